The summed E-state index contributed by atoms with van der Waals surface area (Å²) in [5, 5.41) is 4.61. The average Bonchev–Trinajstić information content (AvgIpc) is 2.97. The van der Waals surface area contributed by atoms with Crippen LogP contribution in [0.25, 0.3) is 11.2 Å². The number of amides is 1. The summed E-state index contributed by atoms with van der Waals surface area (Å²) in [5.74, 6) is -0.178. The molecule has 0 saturated carbocycles. The van der Waals surface area contributed by atoms with Gasteiger partial charge in [0.2, 0.25) is 5.95 Å². The Kier molecular flexibility index (Phi) is 3.21. The summed E-state index contributed by atoms with van der Waals surface area (Å²) in [4.78, 5) is 27.4. The largest absolute Gasteiger partial charge is 0.341 e. The highest BCUT2D eigenvalue weighted by Crippen LogP contribution is 2.24. The van der Waals surface area contributed by atoms with E-state index in [4.69, 9.17) is 11.6 Å². The molecule has 6 nitrogen and oxygen atoms in total. The van der Waals surface area contributed by atoms with Crippen LogP contribution in [0.15, 0.2) is 22.2 Å². The highest BCUT2D eigenvalue weighted by atomic mass is 79.9. The first-order valence-electron chi connectivity index (χ1n) is 5.06. The molecule has 0 saturated heterocycles. The van der Waals surface area contributed by atoms with Gasteiger partial charge in [0, 0.05) is 4.47 Å². The van der Waals surface area contributed by atoms with Crippen molar-refractivity contribution >= 4 is 61.9 Å². The number of aromatic nitrogens is 4. The summed E-state index contributed by atoms with van der Waals surface area (Å²) in [6.07, 6.45) is 1.46. The van der Waals surface area contributed by atoms with Crippen LogP contribution >= 0.6 is 38.9 Å². The molecule has 3 aromatic heterocycles. The molecule has 19 heavy (non-hydrogen) atoms. The van der Waals surface area contributed by atoms with Gasteiger partial charge in [0.05, 0.1) is 6.33 Å². The lowest BCUT2D eigenvalue weighted by Gasteiger charge is -2.03. The molecule has 0 fully saturated rings. The quantitative estimate of drug-likeness (QED) is 0.690. The molecule has 0 radical (unpaired) electrons. The summed E-state index contributed by atoms with van der Waals surface area (Å²) in [5.41, 5.74) is 0.942. The first-order chi connectivity index (χ1) is 9.15. The minimum Gasteiger partial charge on any atom is -0.341 e. The van der Waals surface area contributed by atoms with Crippen LogP contribution in [0.1, 0.15) is 9.67 Å². The van der Waals surface area contributed by atoms with Crippen molar-refractivity contribution < 1.29 is 4.79 Å². The third-order valence-corrected chi connectivity index (χ3v) is 4.40. The fourth-order valence-electron chi connectivity index (χ4n) is 1.47. The third-order valence-electron chi connectivity index (χ3n) is 2.29. The van der Waals surface area contributed by atoms with Crippen molar-refractivity contribution in [2.45, 2.75) is 0 Å². The van der Waals surface area contributed by atoms with Crippen molar-refractivity contribution in [1.82, 2.24) is 19.9 Å². The second kappa shape index (κ2) is 4.87. The van der Waals surface area contributed by atoms with Gasteiger partial charge in [-0.3, -0.25) is 10.1 Å². The first kappa shape index (κ1) is 12.5. The number of rotatable bonds is 2. The van der Waals surface area contributed by atoms with Crippen LogP contribution in [-0.4, -0.2) is 25.8 Å². The number of hydrogen-bond acceptors (Lipinski definition) is 5. The molecule has 9 heteroatoms. The highest BCUT2D eigenvalue weighted by molar-refractivity contribution is 9.10. The van der Waals surface area contributed by atoms with E-state index in [2.05, 4.69) is 41.2 Å². The third kappa shape index (κ3) is 2.34. The Hall–Kier alpha value is -1.51. The monoisotopic (exact) mass is 357 g/mol. The summed E-state index contributed by atoms with van der Waals surface area (Å²) in [6.45, 7) is 0. The smallest absolute Gasteiger partial charge is 0.269 e. The second-order valence-electron chi connectivity index (χ2n) is 3.49. The first-order valence-corrected chi connectivity index (χ1v) is 7.11. The van der Waals surface area contributed by atoms with Crippen molar-refractivity contribution in [3.63, 3.8) is 0 Å². The van der Waals surface area contributed by atoms with Gasteiger partial charge in [-0.1, -0.05) is 11.6 Å². The number of carbonyl (C=O) groups is 1. The summed E-state index contributed by atoms with van der Waals surface area (Å²) >= 11 is 10.6. The van der Waals surface area contributed by atoms with Gasteiger partial charge in [0.15, 0.2) is 10.8 Å². The van der Waals surface area contributed by atoms with Crippen molar-refractivity contribution in [1.29, 1.82) is 0 Å². The number of H-pyrrole nitrogens is 1. The maximum absolute atomic E-state index is 12.0. The van der Waals surface area contributed by atoms with E-state index in [1.165, 1.54) is 17.7 Å². The average molecular weight is 359 g/mol. The number of nitrogens with zero attached hydrogens (tertiary/aromatic N) is 3. The van der Waals surface area contributed by atoms with Crippen molar-refractivity contribution in [2.75, 3.05) is 5.32 Å². The summed E-state index contributed by atoms with van der Waals surface area (Å²) in [6, 6.07) is 1.80. The molecule has 0 aliphatic rings. The number of imidazole rings is 1. The predicted octanol–water partition coefficient (Wildman–Crippen LogP) is 3.08. The molecule has 3 rings (SSSR count). The molecular formula is C10H5BrClN5OS. The Balaban J connectivity index is 1.93. The lowest BCUT2D eigenvalue weighted by Crippen LogP contribution is -2.13. The zero-order valence-electron chi connectivity index (χ0n) is 9.15. The summed E-state index contributed by atoms with van der Waals surface area (Å²) in [7, 11) is 0. The van der Waals surface area contributed by atoms with Crippen LogP contribution in [-0.2, 0) is 0 Å². The molecule has 0 aliphatic carbocycles. The minimum absolute atomic E-state index is 0.120. The topological polar surface area (TPSA) is 83.6 Å². The van der Waals surface area contributed by atoms with E-state index in [1.807, 2.05) is 5.38 Å². The zero-order chi connectivity index (χ0) is 13.4. The molecule has 2 N–H and O–H groups in total. The van der Waals surface area contributed by atoms with Crippen LogP contribution in [0.3, 0.4) is 0 Å². The van der Waals surface area contributed by atoms with Crippen LogP contribution in [0.2, 0.25) is 5.15 Å². The van der Waals surface area contributed by atoms with Crippen LogP contribution in [0, 0.1) is 0 Å². The van der Waals surface area contributed by atoms with Crippen LogP contribution < -0.4 is 5.32 Å². The predicted molar refractivity (Wildman–Crippen MR) is 76.7 cm³/mol. The van der Waals surface area contributed by atoms with Gasteiger partial charge in [-0.15, -0.1) is 11.3 Å². The Morgan fingerprint density at radius 2 is 2.32 bits per heavy atom. The van der Waals surface area contributed by atoms with Gasteiger partial charge < -0.3 is 4.98 Å². The van der Waals surface area contributed by atoms with Gasteiger partial charge in [-0.05, 0) is 27.4 Å². The molecule has 0 unspecified atom stereocenters. The minimum atomic E-state index is -0.298. The van der Waals surface area contributed by atoms with Gasteiger partial charge >= 0.3 is 0 Å². The maximum Gasteiger partial charge on any atom is 0.269 e. The SMILES string of the molecule is O=C(Nc1nc(Cl)c2[nH]cnc2n1)c1sccc1Br. The summed E-state index contributed by atoms with van der Waals surface area (Å²) < 4.78 is 0.724. The standard InChI is InChI=1S/C10H5BrClN5OS/c11-4-1-2-19-6(4)9(18)17-10-15-7(12)5-8(16-10)14-3-13-5/h1-3H,(H2,13,14,15,16,17,18). The number of anilines is 1. The fraction of sp³-hybridized carbons (Fsp3) is 0. The van der Waals surface area contributed by atoms with Crippen molar-refractivity contribution in [3.8, 4) is 0 Å². The van der Waals surface area contributed by atoms with Gasteiger partial charge in [0.1, 0.15) is 10.4 Å². The molecule has 0 atom stereocenters. The van der Waals surface area contributed by atoms with Crippen LogP contribution in [0.4, 0.5) is 5.95 Å². The van der Waals surface area contributed by atoms with E-state index in [0.717, 1.165) is 4.47 Å². The number of halogens is 2. The molecular weight excluding hydrogens is 354 g/mol. The molecule has 3 heterocycles. The number of carbonyl (C=O) groups excluding carboxylic acids is 1. The molecule has 0 bridgehead atoms. The normalized spacial score (nSPS) is 10.8. The van der Waals surface area contributed by atoms with Gasteiger partial charge in [0.25, 0.3) is 5.91 Å². The zero-order valence-corrected chi connectivity index (χ0v) is 12.3. The van der Waals surface area contributed by atoms with E-state index >= 15 is 0 Å². The Morgan fingerprint density at radius 1 is 1.47 bits per heavy atom. The van der Waals surface area contributed by atoms with Crippen molar-refractivity contribution in [3.05, 3.63) is 32.3 Å². The molecule has 96 valence electrons. The fourth-order valence-corrected chi connectivity index (χ4v) is 3.13. The molecule has 3 aromatic rings. The Labute approximate surface area is 124 Å². The van der Waals surface area contributed by atoms with Crippen LogP contribution in [0.5, 0.6) is 0 Å². The lowest BCUT2D eigenvalue weighted by atomic mass is 10.4. The van der Waals surface area contributed by atoms with Gasteiger partial charge in [-0.25, -0.2) is 4.98 Å². The Bertz CT molecular complexity index is 770. The van der Waals surface area contributed by atoms with E-state index in [0.29, 0.717) is 16.0 Å². The second-order valence-corrected chi connectivity index (χ2v) is 5.62. The molecule has 1 amide bonds. The van der Waals surface area contributed by atoms with E-state index in [9.17, 15) is 4.79 Å². The van der Waals surface area contributed by atoms with E-state index in [-0.39, 0.29) is 17.0 Å². The number of thiophene rings is 1. The van der Waals surface area contributed by atoms with E-state index < -0.39 is 0 Å². The molecule has 0 aromatic carbocycles. The van der Waals surface area contributed by atoms with E-state index in [1.54, 1.807) is 6.07 Å². The van der Waals surface area contributed by atoms with Gasteiger partial charge in [-0.2, -0.15) is 9.97 Å². The number of aromatic amines is 1. The Morgan fingerprint density at radius 3 is 3.05 bits per heavy atom. The molecule has 0 aliphatic heterocycles. The number of hydrogen-bond donors (Lipinski definition) is 2. The number of fused-ring (bicyclic) bond motifs is 1. The van der Waals surface area contributed by atoms with Crippen molar-refractivity contribution in [2.24, 2.45) is 0 Å². The maximum atomic E-state index is 12.0. The highest BCUT2D eigenvalue weighted by Gasteiger charge is 2.15. The lowest BCUT2D eigenvalue weighted by molar-refractivity contribution is 0.102. The molecule has 0 spiro atoms. The number of nitrogens with one attached hydrogen (secondary N) is 2.